The first kappa shape index (κ1) is 32.0. The van der Waals surface area contributed by atoms with Crippen molar-refractivity contribution in [2.45, 2.75) is 82.2 Å². The quantitative estimate of drug-likeness (QED) is 0.198. The molecule has 0 aromatic heterocycles. The maximum absolute atomic E-state index is 14.8. The number of ether oxygens (including phenoxy) is 4. The number of hydrogen-bond donors (Lipinski definition) is 0. The van der Waals surface area contributed by atoms with Gasteiger partial charge in [-0.25, -0.2) is 13.2 Å². The second kappa shape index (κ2) is 13.2. The van der Waals surface area contributed by atoms with E-state index in [2.05, 4.69) is 9.47 Å². The third kappa shape index (κ3) is 7.71. The smallest absolute Gasteiger partial charge is 0.429 e. The highest BCUT2D eigenvalue weighted by Crippen LogP contribution is 2.41. The Morgan fingerprint density at radius 2 is 1.57 bits per heavy atom. The molecule has 1 heterocycles. The number of benzene rings is 2. The van der Waals surface area contributed by atoms with Crippen LogP contribution in [0.25, 0.3) is 0 Å². The Balaban J connectivity index is 1.36. The van der Waals surface area contributed by atoms with Crippen LogP contribution in [0.1, 0.15) is 68.9 Å². The second-order valence-electron chi connectivity index (χ2n) is 10.4. The molecule has 1 aliphatic heterocycles. The van der Waals surface area contributed by atoms with Crippen molar-refractivity contribution >= 4 is 0 Å². The normalized spacial score (nSPS) is 23.4. The van der Waals surface area contributed by atoms with Crippen LogP contribution in [0, 0.1) is 23.4 Å². The molecule has 1 saturated heterocycles. The molecular formula is C29H29F9O4. The van der Waals surface area contributed by atoms with E-state index in [1.807, 2.05) is 6.92 Å². The van der Waals surface area contributed by atoms with Gasteiger partial charge in [0, 0.05) is 12.1 Å². The molecule has 2 aliphatic rings. The van der Waals surface area contributed by atoms with Gasteiger partial charge in [0.1, 0.15) is 17.7 Å². The number of hydrogen-bond acceptors (Lipinski definition) is 4. The molecule has 2 atom stereocenters. The third-order valence-corrected chi connectivity index (χ3v) is 7.58. The average Bonchev–Trinajstić information content (AvgIpc) is 2.92. The zero-order valence-corrected chi connectivity index (χ0v) is 22.5. The minimum absolute atomic E-state index is 0.198. The first-order valence-electron chi connectivity index (χ1n) is 13.5. The Morgan fingerprint density at radius 1 is 0.905 bits per heavy atom. The molecule has 4 rings (SSSR count). The van der Waals surface area contributed by atoms with E-state index in [4.69, 9.17) is 9.47 Å². The molecule has 2 fully saturated rings. The molecule has 232 valence electrons. The molecule has 2 aromatic rings. The van der Waals surface area contributed by atoms with E-state index in [-0.39, 0.29) is 56.1 Å². The predicted molar refractivity (Wildman–Crippen MR) is 132 cm³/mol. The van der Waals surface area contributed by atoms with Crippen LogP contribution < -0.4 is 9.47 Å². The topological polar surface area (TPSA) is 36.9 Å². The highest BCUT2D eigenvalue weighted by atomic mass is 19.3. The summed E-state index contributed by atoms with van der Waals surface area (Å²) >= 11 is 0. The first-order chi connectivity index (χ1) is 19.8. The van der Waals surface area contributed by atoms with E-state index >= 15 is 0 Å². The van der Waals surface area contributed by atoms with Crippen LogP contribution in [0.3, 0.4) is 0 Å². The van der Waals surface area contributed by atoms with Gasteiger partial charge in [-0.2, -0.15) is 26.3 Å². The summed E-state index contributed by atoms with van der Waals surface area (Å²) in [5.74, 6) is -6.94. The van der Waals surface area contributed by atoms with Crippen molar-refractivity contribution in [3.8, 4) is 11.5 Å². The molecule has 1 saturated carbocycles. The second-order valence-corrected chi connectivity index (χ2v) is 10.4. The zero-order chi connectivity index (χ0) is 30.7. The van der Waals surface area contributed by atoms with Crippen molar-refractivity contribution < 1.29 is 58.5 Å². The molecule has 4 nitrogen and oxygen atoms in total. The largest absolute Gasteiger partial charge is 0.453 e. The highest BCUT2D eigenvalue weighted by molar-refractivity contribution is 5.36. The van der Waals surface area contributed by atoms with Gasteiger partial charge in [0.05, 0.1) is 18.3 Å². The molecule has 0 amide bonds. The summed E-state index contributed by atoms with van der Waals surface area (Å²) < 4.78 is 145. The van der Waals surface area contributed by atoms with Crippen molar-refractivity contribution in [2.75, 3.05) is 6.61 Å². The molecule has 0 radical (unpaired) electrons. The van der Waals surface area contributed by atoms with Crippen LogP contribution in [0.2, 0.25) is 0 Å². The van der Waals surface area contributed by atoms with E-state index in [1.54, 1.807) is 0 Å². The predicted octanol–water partition coefficient (Wildman–Crippen LogP) is 9.19. The summed E-state index contributed by atoms with van der Waals surface area (Å²) in [6.45, 7) is 2.24. The Labute approximate surface area is 236 Å². The number of halogens is 9. The SMILES string of the molecule is CCC1CCC(C(F)(F)OC2CCC(c3ccc(C(F)(F)Oc4cc(F)c(OC=C(F)F)c(F)c4)c(F)c3)CC2)OC1. The Hall–Kier alpha value is -2.93. The first-order valence-corrected chi connectivity index (χ1v) is 13.5. The number of rotatable bonds is 10. The van der Waals surface area contributed by atoms with Gasteiger partial charge in [-0.05, 0) is 68.1 Å². The fourth-order valence-electron chi connectivity index (χ4n) is 5.24. The summed E-state index contributed by atoms with van der Waals surface area (Å²) in [5.41, 5.74) is -0.852. The fourth-order valence-corrected chi connectivity index (χ4v) is 5.24. The van der Waals surface area contributed by atoms with Crippen molar-refractivity contribution in [3.05, 3.63) is 71.3 Å². The average molecular weight is 613 g/mol. The molecule has 2 aromatic carbocycles. The summed E-state index contributed by atoms with van der Waals surface area (Å²) in [5, 5.41) is 0. The molecule has 1 aliphatic carbocycles. The summed E-state index contributed by atoms with van der Waals surface area (Å²) in [6, 6.07) is 3.43. The van der Waals surface area contributed by atoms with Gasteiger partial charge in [0.2, 0.25) is 0 Å². The lowest BCUT2D eigenvalue weighted by Crippen LogP contribution is -2.45. The van der Waals surface area contributed by atoms with Crippen LogP contribution in [-0.2, 0) is 15.6 Å². The maximum Gasteiger partial charge on any atom is 0.429 e. The lowest BCUT2D eigenvalue weighted by atomic mass is 9.82. The van der Waals surface area contributed by atoms with Crippen molar-refractivity contribution in [1.29, 1.82) is 0 Å². The van der Waals surface area contributed by atoms with Crippen LogP contribution >= 0.6 is 0 Å². The number of alkyl halides is 4. The van der Waals surface area contributed by atoms with E-state index in [0.29, 0.717) is 24.8 Å². The monoisotopic (exact) mass is 612 g/mol. The van der Waals surface area contributed by atoms with Gasteiger partial charge in [-0.1, -0.05) is 19.4 Å². The van der Waals surface area contributed by atoms with Crippen LogP contribution in [0.5, 0.6) is 11.5 Å². The Bertz CT molecular complexity index is 1230. The highest BCUT2D eigenvalue weighted by Gasteiger charge is 2.46. The van der Waals surface area contributed by atoms with Gasteiger partial charge in [0.25, 0.3) is 0 Å². The minimum Gasteiger partial charge on any atom is -0.453 e. The Morgan fingerprint density at radius 3 is 2.12 bits per heavy atom. The molecule has 2 unspecified atom stereocenters. The maximum atomic E-state index is 14.8. The van der Waals surface area contributed by atoms with E-state index < -0.39 is 65.0 Å². The lowest BCUT2D eigenvalue weighted by Gasteiger charge is -2.37. The van der Waals surface area contributed by atoms with Crippen molar-refractivity contribution in [1.82, 2.24) is 0 Å². The third-order valence-electron chi connectivity index (χ3n) is 7.58. The fraction of sp³-hybridized carbons (Fsp3) is 0.517. The van der Waals surface area contributed by atoms with Crippen LogP contribution in [-0.4, -0.2) is 24.9 Å². The van der Waals surface area contributed by atoms with Gasteiger partial charge in [-0.3, -0.25) is 0 Å². The van der Waals surface area contributed by atoms with Gasteiger partial charge >= 0.3 is 18.3 Å². The molecule has 42 heavy (non-hydrogen) atoms. The van der Waals surface area contributed by atoms with Crippen molar-refractivity contribution in [3.63, 3.8) is 0 Å². The van der Waals surface area contributed by atoms with Gasteiger partial charge < -0.3 is 18.9 Å². The Kier molecular flexibility index (Phi) is 10.0. The molecule has 0 spiro atoms. The molecular weight excluding hydrogens is 583 g/mol. The van der Waals surface area contributed by atoms with E-state index in [1.165, 1.54) is 6.07 Å². The van der Waals surface area contributed by atoms with Crippen LogP contribution in [0.4, 0.5) is 39.5 Å². The minimum atomic E-state index is -4.37. The summed E-state index contributed by atoms with van der Waals surface area (Å²) in [6.07, 6.45) is -9.62. The molecule has 0 bridgehead atoms. The summed E-state index contributed by atoms with van der Waals surface area (Å²) in [7, 11) is 0. The van der Waals surface area contributed by atoms with Crippen LogP contribution in [0.15, 0.2) is 42.7 Å². The summed E-state index contributed by atoms with van der Waals surface area (Å²) in [4.78, 5) is 0. The van der Waals surface area contributed by atoms with Crippen molar-refractivity contribution in [2.24, 2.45) is 5.92 Å². The van der Waals surface area contributed by atoms with Gasteiger partial charge in [-0.15, -0.1) is 0 Å². The standard InChI is InChI=1S/C29H29F9O4/c1-2-16-3-10-25(39-14-16)29(37,38)41-19-7-4-17(5-8-19)18-6-9-21(22(30)11-18)28(35,36)42-20-12-23(31)27(24(32)13-20)40-15-26(33)34/h6,9,11-13,15-17,19,25H,2-5,7-8,10,14H2,1H3. The zero-order valence-electron chi connectivity index (χ0n) is 22.5. The van der Waals surface area contributed by atoms with E-state index in [9.17, 15) is 39.5 Å². The molecule has 0 N–H and O–H groups in total. The lowest BCUT2D eigenvalue weighted by molar-refractivity contribution is -0.326. The molecule has 13 heteroatoms. The van der Waals surface area contributed by atoms with E-state index in [0.717, 1.165) is 18.6 Å². The van der Waals surface area contributed by atoms with Gasteiger partial charge in [0.15, 0.2) is 23.6 Å².